The molecule has 3 aromatic rings. The molecular weight excluding hydrogens is 380 g/mol. The molecule has 0 spiro atoms. The molecule has 0 unspecified atom stereocenters. The number of H-pyrrole nitrogens is 1. The van der Waals surface area contributed by atoms with Crippen LogP contribution in [0.1, 0.15) is 23.8 Å². The van der Waals surface area contributed by atoms with E-state index in [4.69, 9.17) is 15.7 Å². The van der Waals surface area contributed by atoms with E-state index in [-0.39, 0.29) is 36.7 Å². The highest BCUT2D eigenvalue weighted by Crippen LogP contribution is 2.29. The van der Waals surface area contributed by atoms with Crippen molar-refractivity contribution in [3.05, 3.63) is 56.2 Å². The number of ether oxygens (including phenoxy) is 1. The zero-order valence-corrected chi connectivity index (χ0v) is 15.1. The third kappa shape index (κ3) is 3.19. The van der Waals surface area contributed by atoms with Gasteiger partial charge in [-0.15, -0.1) is 0 Å². The van der Waals surface area contributed by atoms with E-state index >= 15 is 0 Å². The number of rotatable bonds is 4. The van der Waals surface area contributed by atoms with Crippen molar-refractivity contribution in [3.63, 3.8) is 0 Å². The van der Waals surface area contributed by atoms with Crippen LogP contribution in [0.2, 0.25) is 0 Å². The Labute approximate surface area is 163 Å². The zero-order chi connectivity index (χ0) is 20.7. The molecule has 1 fully saturated rings. The summed E-state index contributed by atoms with van der Waals surface area (Å²) < 4.78 is 7.86. The average molecular weight is 398 g/mol. The number of nitrogens with two attached hydrogens (primary N) is 1. The number of aliphatic hydroxyl groups is 2. The summed E-state index contributed by atoms with van der Waals surface area (Å²) in [5.41, 5.74) is 5.38. The molecule has 2 aromatic heterocycles. The lowest BCUT2D eigenvalue weighted by Crippen LogP contribution is -2.32. The first-order chi connectivity index (χ1) is 13.9. The van der Waals surface area contributed by atoms with Gasteiger partial charge in [0, 0.05) is 6.42 Å². The Balaban J connectivity index is 1.92. The second kappa shape index (κ2) is 7.17. The van der Waals surface area contributed by atoms with E-state index in [1.165, 1.54) is 4.57 Å². The first-order valence-electron chi connectivity index (χ1n) is 8.87. The van der Waals surface area contributed by atoms with E-state index in [1.54, 1.807) is 24.3 Å². The number of benzene rings is 1. The van der Waals surface area contributed by atoms with E-state index in [0.29, 0.717) is 11.1 Å². The molecule has 0 bridgehead atoms. The van der Waals surface area contributed by atoms with Crippen LogP contribution in [0.4, 0.5) is 5.95 Å². The normalized spacial score (nSPS) is 21.5. The molecule has 4 rings (SSSR count). The molecule has 11 heteroatoms. The predicted octanol–water partition coefficient (Wildman–Crippen LogP) is -0.971. The molecule has 150 valence electrons. The number of aliphatic hydroxyl groups excluding tert-OH is 2. The van der Waals surface area contributed by atoms with Gasteiger partial charge in [0.2, 0.25) is 5.95 Å². The summed E-state index contributed by atoms with van der Waals surface area (Å²) in [7, 11) is 0. The molecule has 5 N–H and O–H groups in total. The minimum Gasteiger partial charge on any atom is -0.394 e. The van der Waals surface area contributed by atoms with Crippen molar-refractivity contribution >= 4 is 17.1 Å². The van der Waals surface area contributed by atoms with Crippen molar-refractivity contribution < 1.29 is 14.9 Å². The SMILES string of the molecule is N#Cc1cccc(Cn2c(=O)n([C@@H]3O[C@H](CO)C[C@H]3O)c3nc(N)[nH]c(=O)c32)c1. The van der Waals surface area contributed by atoms with Crippen molar-refractivity contribution in [2.75, 3.05) is 12.3 Å². The van der Waals surface area contributed by atoms with E-state index in [9.17, 15) is 19.8 Å². The van der Waals surface area contributed by atoms with Crippen LogP contribution in [0.25, 0.3) is 11.2 Å². The molecule has 3 atom stereocenters. The Morgan fingerprint density at radius 2 is 2.21 bits per heavy atom. The molecule has 1 saturated heterocycles. The fraction of sp³-hybridized carbons (Fsp3) is 0.333. The molecule has 11 nitrogen and oxygen atoms in total. The van der Waals surface area contributed by atoms with Crippen LogP contribution in [0.3, 0.4) is 0 Å². The Morgan fingerprint density at radius 1 is 1.41 bits per heavy atom. The maximum absolute atomic E-state index is 13.2. The number of nitrogens with one attached hydrogen (secondary N) is 1. The smallest absolute Gasteiger partial charge is 0.333 e. The molecule has 1 aliphatic heterocycles. The molecule has 0 aliphatic carbocycles. The van der Waals surface area contributed by atoms with E-state index in [2.05, 4.69) is 9.97 Å². The molecule has 0 saturated carbocycles. The van der Waals surface area contributed by atoms with Gasteiger partial charge in [0.15, 0.2) is 17.4 Å². The summed E-state index contributed by atoms with van der Waals surface area (Å²) in [4.78, 5) is 32.2. The molecule has 0 amide bonds. The van der Waals surface area contributed by atoms with Gasteiger partial charge in [-0.3, -0.25) is 14.3 Å². The Morgan fingerprint density at radius 3 is 2.90 bits per heavy atom. The lowest BCUT2D eigenvalue weighted by molar-refractivity contribution is -0.0505. The van der Waals surface area contributed by atoms with E-state index in [0.717, 1.165) is 4.57 Å². The van der Waals surface area contributed by atoms with Gasteiger partial charge in [-0.05, 0) is 17.7 Å². The topological polar surface area (TPSA) is 172 Å². The zero-order valence-electron chi connectivity index (χ0n) is 15.1. The van der Waals surface area contributed by atoms with Gasteiger partial charge in [-0.1, -0.05) is 12.1 Å². The quantitative estimate of drug-likeness (QED) is 0.434. The van der Waals surface area contributed by atoms with Crippen molar-refractivity contribution in [2.24, 2.45) is 0 Å². The van der Waals surface area contributed by atoms with Crippen molar-refractivity contribution in [1.29, 1.82) is 5.26 Å². The number of nitrogen functional groups attached to an aromatic ring is 1. The molecule has 0 radical (unpaired) electrons. The van der Waals surface area contributed by atoms with Crippen LogP contribution in [0, 0.1) is 11.3 Å². The number of fused-ring (bicyclic) bond motifs is 1. The number of hydrogen-bond acceptors (Lipinski definition) is 8. The van der Waals surface area contributed by atoms with Crippen LogP contribution in [-0.4, -0.2) is 48.1 Å². The van der Waals surface area contributed by atoms with Crippen LogP contribution in [0.5, 0.6) is 0 Å². The Hall–Kier alpha value is -3.46. The third-order valence-corrected chi connectivity index (χ3v) is 4.85. The minimum atomic E-state index is -1.12. The number of anilines is 1. The molecule has 1 aromatic carbocycles. The van der Waals surface area contributed by atoms with Gasteiger partial charge < -0.3 is 20.7 Å². The molecule has 1 aliphatic rings. The maximum atomic E-state index is 13.2. The van der Waals surface area contributed by atoms with Crippen LogP contribution in [-0.2, 0) is 11.3 Å². The first-order valence-corrected chi connectivity index (χ1v) is 8.87. The highest BCUT2D eigenvalue weighted by atomic mass is 16.5. The van der Waals surface area contributed by atoms with Gasteiger partial charge in [0.1, 0.15) is 6.10 Å². The van der Waals surface area contributed by atoms with E-state index < -0.39 is 29.7 Å². The minimum absolute atomic E-state index is 0.00122. The summed E-state index contributed by atoms with van der Waals surface area (Å²) in [6.07, 6.45) is -2.72. The molecule has 29 heavy (non-hydrogen) atoms. The van der Waals surface area contributed by atoms with Crippen LogP contribution >= 0.6 is 0 Å². The summed E-state index contributed by atoms with van der Waals surface area (Å²) in [5.74, 6) is -0.189. The first kappa shape index (κ1) is 18.9. The average Bonchev–Trinajstić information content (AvgIpc) is 3.19. The van der Waals surface area contributed by atoms with Gasteiger partial charge in [-0.2, -0.15) is 10.2 Å². The highest BCUT2D eigenvalue weighted by molar-refractivity contribution is 5.72. The van der Waals surface area contributed by atoms with Gasteiger partial charge >= 0.3 is 5.69 Å². The predicted molar refractivity (Wildman–Crippen MR) is 101 cm³/mol. The Kier molecular flexibility index (Phi) is 4.67. The second-order valence-corrected chi connectivity index (χ2v) is 6.81. The van der Waals surface area contributed by atoms with Crippen LogP contribution < -0.4 is 17.0 Å². The number of aromatic amines is 1. The number of imidazole rings is 1. The van der Waals surface area contributed by atoms with Crippen LogP contribution in [0.15, 0.2) is 33.9 Å². The standard InChI is InChI=1S/C18H18N6O5/c19-6-9-2-1-3-10(4-9)7-23-13-14(21-17(20)22-15(13)27)24(18(23)28)16-12(26)5-11(8-25)29-16/h1-4,11-12,16,25-26H,5,7-8H2,(H3,20,21,22,27)/t11-,12+,16+/m0/s1. The summed E-state index contributed by atoms with van der Waals surface area (Å²) in [6.45, 7) is -0.323. The van der Waals surface area contributed by atoms with Gasteiger partial charge in [0.05, 0.1) is 30.9 Å². The largest absolute Gasteiger partial charge is 0.394 e. The fourth-order valence-electron chi connectivity index (χ4n) is 3.58. The number of aromatic nitrogens is 4. The third-order valence-electron chi connectivity index (χ3n) is 4.85. The highest BCUT2D eigenvalue weighted by Gasteiger charge is 2.38. The summed E-state index contributed by atoms with van der Waals surface area (Å²) in [6, 6.07) is 8.66. The lowest BCUT2D eigenvalue weighted by Gasteiger charge is -2.15. The maximum Gasteiger partial charge on any atom is 0.333 e. The van der Waals surface area contributed by atoms with Crippen molar-refractivity contribution in [1.82, 2.24) is 19.1 Å². The second-order valence-electron chi connectivity index (χ2n) is 6.81. The number of nitriles is 1. The monoisotopic (exact) mass is 398 g/mol. The van der Waals surface area contributed by atoms with Crippen molar-refractivity contribution in [3.8, 4) is 6.07 Å². The summed E-state index contributed by atoms with van der Waals surface area (Å²) in [5, 5.41) is 28.8. The number of nitrogens with zero attached hydrogens (tertiary/aromatic N) is 4. The van der Waals surface area contributed by atoms with E-state index in [1.807, 2.05) is 6.07 Å². The summed E-state index contributed by atoms with van der Waals surface area (Å²) >= 11 is 0. The molecular formula is C18H18N6O5. The van der Waals surface area contributed by atoms with Gasteiger partial charge in [-0.25, -0.2) is 9.36 Å². The van der Waals surface area contributed by atoms with Crippen molar-refractivity contribution in [2.45, 2.75) is 31.4 Å². The van der Waals surface area contributed by atoms with Gasteiger partial charge in [0.25, 0.3) is 5.56 Å². The molecule has 3 heterocycles. The Bertz CT molecular complexity index is 1240. The number of hydrogen-bond donors (Lipinski definition) is 4. The fourth-order valence-corrected chi connectivity index (χ4v) is 3.58. The lowest BCUT2D eigenvalue weighted by atomic mass is 10.1.